The Kier molecular flexibility index (Phi) is 7.63. The molecule has 2 aromatic carbocycles. The highest BCUT2D eigenvalue weighted by molar-refractivity contribution is 5.78. The molecule has 1 aliphatic rings. The maximum absolute atomic E-state index is 12.5. The van der Waals surface area contributed by atoms with Crippen LogP contribution in [0.5, 0.6) is 0 Å². The summed E-state index contributed by atoms with van der Waals surface area (Å²) in [6.07, 6.45) is 2.27. The number of carbonyl (C=O) groups is 1. The lowest BCUT2D eigenvalue weighted by Gasteiger charge is -2.34. The second-order valence-electron chi connectivity index (χ2n) is 7.82. The van der Waals surface area contributed by atoms with Crippen LogP contribution in [0.25, 0.3) is 0 Å². The summed E-state index contributed by atoms with van der Waals surface area (Å²) >= 11 is 0. The van der Waals surface area contributed by atoms with Gasteiger partial charge in [0.15, 0.2) is 0 Å². The van der Waals surface area contributed by atoms with Crippen LogP contribution in [0.15, 0.2) is 54.6 Å². The fourth-order valence-electron chi connectivity index (χ4n) is 3.78. The highest BCUT2D eigenvalue weighted by atomic mass is 16.2. The number of benzene rings is 2. The van der Waals surface area contributed by atoms with Gasteiger partial charge < -0.3 is 5.32 Å². The van der Waals surface area contributed by atoms with Crippen LogP contribution < -0.4 is 5.32 Å². The normalized spacial score (nSPS) is 16.6. The third-order valence-electron chi connectivity index (χ3n) is 5.48. The van der Waals surface area contributed by atoms with E-state index in [2.05, 4.69) is 83.6 Å². The summed E-state index contributed by atoms with van der Waals surface area (Å²) in [5, 5.41) is 3.15. The highest BCUT2D eigenvalue weighted by Crippen LogP contribution is 2.14. The molecule has 1 fully saturated rings. The van der Waals surface area contributed by atoms with Crippen molar-refractivity contribution in [3.8, 4) is 0 Å². The predicted molar refractivity (Wildman–Crippen MR) is 115 cm³/mol. The minimum Gasteiger partial charge on any atom is -0.348 e. The first-order valence-electron chi connectivity index (χ1n) is 10.5. The smallest absolute Gasteiger partial charge is 0.234 e. The van der Waals surface area contributed by atoms with Gasteiger partial charge in [-0.25, -0.2) is 0 Å². The number of nitrogens with one attached hydrogen (secondary N) is 1. The number of hydrogen-bond acceptors (Lipinski definition) is 3. The van der Waals surface area contributed by atoms with E-state index in [-0.39, 0.29) is 11.9 Å². The Hall–Kier alpha value is -2.17. The van der Waals surface area contributed by atoms with Crippen molar-refractivity contribution in [3.63, 3.8) is 0 Å². The average Bonchev–Trinajstić information content (AvgIpc) is 2.71. The van der Waals surface area contributed by atoms with Gasteiger partial charge in [0.05, 0.1) is 12.6 Å². The molecule has 0 aromatic heterocycles. The lowest BCUT2D eigenvalue weighted by molar-refractivity contribution is -0.123. The van der Waals surface area contributed by atoms with Crippen molar-refractivity contribution in [3.05, 3.63) is 71.3 Å². The summed E-state index contributed by atoms with van der Waals surface area (Å²) in [6, 6.07) is 19.3. The molecule has 0 unspecified atom stereocenters. The summed E-state index contributed by atoms with van der Waals surface area (Å²) < 4.78 is 0. The van der Waals surface area contributed by atoms with Gasteiger partial charge in [0, 0.05) is 32.7 Å². The van der Waals surface area contributed by atoms with Crippen LogP contribution in [0.1, 0.15) is 43.0 Å². The van der Waals surface area contributed by atoms with Crippen LogP contribution in [0.3, 0.4) is 0 Å². The molecule has 1 N–H and O–H groups in total. The van der Waals surface area contributed by atoms with E-state index >= 15 is 0 Å². The van der Waals surface area contributed by atoms with Crippen LogP contribution >= 0.6 is 0 Å². The summed E-state index contributed by atoms with van der Waals surface area (Å²) in [6.45, 7) is 9.64. The van der Waals surface area contributed by atoms with E-state index in [9.17, 15) is 4.79 Å². The zero-order valence-electron chi connectivity index (χ0n) is 17.2. The minimum absolute atomic E-state index is 0.0440. The SMILES string of the molecule is CCCc1ccc([C@@H](C)NC(=O)CN2CCN(Cc3ccccc3)CC2)cc1. The molecule has 0 aliphatic carbocycles. The third-order valence-corrected chi connectivity index (χ3v) is 5.48. The van der Waals surface area contributed by atoms with Crippen molar-refractivity contribution < 1.29 is 4.79 Å². The number of rotatable bonds is 8. The van der Waals surface area contributed by atoms with Crippen molar-refractivity contribution >= 4 is 5.91 Å². The van der Waals surface area contributed by atoms with Gasteiger partial charge in [0.2, 0.25) is 5.91 Å². The molecule has 0 saturated carbocycles. The Morgan fingerprint density at radius 2 is 1.57 bits per heavy atom. The van der Waals surface area contributed by atoms with Gasteiger partial charge in [-0.3, -0.25) is 14.6 Å². The first kappa shape index (κ1) is 20.6. The molecule has 1 amide bonds. The van der Waals surface area contributed by atoms with Crippen LogP contribution in [0, 0.1) is 0 Å². The molecule has 28 heavy (non-hydrogen) atoms. The average molecular weight is 380 g/mol. The first-order chi connectivity index (χ1) is 13.6. The summed E-state index contributed by atoms with van der Waals surface area (Å²) in [4.78, 5) is 17.2. The number of piperazine rings is 1. The number of nitrogens with zero attached hydrogens (tertiary/aromatic N) is 2. The first-order valence-corrected chi connectivity index (χ1v) is 10.5. The molecule has 4 nitrogen and oxygen atoms in total. The molecule has 1 heterocycles. The molecule has 2 aromatic rings. The van der Waals surface area contributed by atoms with Gasteiger partial charge in [-0.2, -0.15) is 0 Å². The van der Waals surface area contributed by atoms with E-state index in [0.29, 0.717) is 6.54 Å². The zero-order valence-corrected chi connectivity index (χ0v) is 17.2. The van der Waals surface area contributed by atoms with E-state index in [1.54, 1.807) is 0 Å². The molecule has 1 atom stereocenters. The lowest BCUT2D eigenvalue weighted by atomic mass is 10.0. The van der Waals surface area contributed by atoms with Gasteiger partial charge in [-0.1, -0.05) is 67.9 Å². The second kappa shape index (κ2) is 10.4. The summed E-state index contributed by atoms with van der Waals surface area (Å²) in [7, 11) is 0. The third kappa shape index (κ3) is 6.18. The van der Waals surface area contributed by atoms with Gasteiger partial charge >= 0.3 is 0 Å². The molecule has 0 spiro atoms. The molecular formula is C24H33N3O. The van der Waals surface area contributed by atoms with E-state index in [1.807, 2.05) is 0 Å². The van der Waals surface area contributed by atoms with Gasteiger partial charge in [-0.05, 0) is 30.0 Å². The van der Waals surface area contributed by atoms with E-state index in [0.717, 1.165) is 45.6 Å². The molecule has 1 aliphatic heterocycles. The minimum atomic E-state index is 0.0440. The van der Waals surface area contributed by atoms with Crippen molar-refractivity contribution in [1.29, 1.82) is 0 Å². The van der Waals surface area contributed by atoms with Crippen LogP contribution in [-0.2, 0) is 17.8 Å². The van der Waals surface area contributed by atoms with Crippen molar-refractivity contribution in [2.24, 2.45) is 0 Å². The molecule has 1 saturated heterocycles. The number of carbonyl (C=O) groups excluding carboxylic acids is 1. The topological polar surface area (TPSA) is 35.6 Å². The fraction of sp³-hybridized carbons (Fsp3) is 0.458. The Bertz CT molecular complexity index is 721. The van der Waals surface area contributed by atoms with Gasteiger partial charge in [0.25, 0.3) is 0 Å². The molecule has 0 radical (unpaired) electrons. The molecule has 4 heteroatoms. The largest absolute Gasteiger partial charge is 0.348 e. The van der Waals surface area contributed by atoms with Gasteiger partial charge in [0.1, 0.15) is 0 Å². The number of amides is 1. The van der Waals surface area contributed by atoms with Crippen molar-refractivity contribution in [2.45, 2.75) is 39.3 Å². The van der Waals surface area contributed by atoms with Crippen LogP contribution in [0.4, 0.5) is 0 Å². The molecule has 3 rings (SSSR count). The van der Waals surface area contributed by atoms with Crippen molar-refractivity contribution in [2.75, 3.05) is 32.7 Å². The molecule has 0 bridgehead atoms. The predicted octanol–water partition coefficient (Wildman–Crippen LogP) is 3.63. The Morgan fingerprint density at radius 1 is 0.929 bits per heavy atom. The number of hydrogen-bond donors (Lipinski definition) is 1. The Balaban J connectivity index is 1.40. The fourth-order valence-corrected chi connectivity index (χ4v) is 3.78. The standard InChI is InChI=1S/C24H33N3O/c1-3-7-21-10-12-23(13-11-21)20(2)25-24(28)19-27-16-14-26(15-17-27)18-22-8-5-4-6-9-22/h4-6,8-13,20H,3,7,14-19H2,1-2H3,(H,25,28)/t20-/m1/s1. The van der Waals surface area contributed by atoms with E-state index in [1.165, 1.54) is 16.7 Å². The molecule has 150 valence electrons. The summed E-state index contributed by atoms with van der Waals surface area (Å²) in [5.74, 6) is 0.113. The van der Waals surface area contributed by atoms with Crippen LogP contribution in [0.2, 0.25) is 0 Å². The van der Waals surface area contributed by atoms with Crippen LogP contribution in [-0.4, -0.2) is 48.4 Å². The number of aryl methyl sites for hydroxylation is 1. The maximum atomic E-state index is 12.5. The Morgan fingerprint density at radius 3 is 2.21 bits per heavy atom. The van der Waals surface area contributed by atoms with Gasteiger partial charge in [-0.15, -0.1) is 0 Å². The van der Waals surface area contributed by atoms with E-state index in [4.69, 9.17) is 0 Å². The quantitative estimate of drug-likeness (QED) is 0.761. The summed E-state index contributed by atoms with van der Waals surface area (Å²) in [5.41, 5.74) is 3.88. The van der Waals surface area contributed by atoms with Crippen molar-refractivity contribution in [1.82, 2.24) is 15.1 Å². The highest BCUT2D eigenvalue weighted by Gasteiger charge is 2.20. The Labute approximate surface area is 169 Å². The molecular weight excluding hydrogens is 346 g/mol. The maximum Gasteiger partial charge on any atom is 0.234 e. The lowest BCUT2D eigenvalue weighted by Crippen LogP contribution is -2.49. The second-order valence-corrected chi connectivity index (χ2v) is 7.82. The monoisotopic (exact) mass is 379 g/mol. The zero-order chi connectivity index (χ0) is 19.8. The van der Waals surface area contributed by atoms with E-state index < -0.39 is 0 Å².